The fraction of sp³-hybridized carbons (Fsp3) is 0.100. The molecule has 0 aliphatic rings. The number of amides is 1. The molecule has 2 aromatic heterocycles. The summed E-state index contributed by atoms with van der Waals surface area (Å²) in [4.78, 5) is 21.2. The van der Waals surface area contributed by atoms with Crippen molar-refractivity contribution in [3.05, 3.63) is 66.6 Å². The maximum Gasteiger partial charge on any atom is 0.237 e. The molecule has 4 rings (SSSR count). The first kappa shape index (κ1) is 18.1. The number of nitrogens with zero attached hydrogens (tertiary/aromatic N) is 3. The van der Waals surface area contributed by atoms with Gasteiger partial charge in [0.25, 0.3) is 0 Å². The van der Waals surface area contributed by atoms with E-state index in [1.807, 2.05) is 30.3 Å². The summed E-state index contributed by atoms with van der Waals surface area (Å²) in [6.07, 6.45) is 1.71. The second-order valence-electron chi connectivity index (χ2n) is 6.07. The maximum absolute atomic E-state index is 13.9. The highest BCUT2D eigenvalue weighted by Gasteiger charge is 2.19. The van der Waals surface area contributed by atoms with Gasteiger partial charge >= 0.3 is 0 Å². The van der Waals surface area contributed by atoms with Crippen molar-refractivity contribution in [1.29, 1.82) is 0 Å². The third kappa shape index (κ3) is 3.72. The van der Waals surface area contributed by atoms with E-state index in [2.05, 4.69) is 25.5 Å². The third-order valence-corrected chi connectivity index (χ3v) is 5.11. The van der Waals surface area contributed by atoms with Crippen LogP contribution in [0.5, 0.6) is 0 Å². The molecule has 2 N–H and O–H groups in total. The van der Waals surface area contributed by atoms with E-state index in [4.69, 9.17) is 0 Å². The quantitative estimate of drug-likeness (QED) is 0.495. The lowest BCUT2D eigenvalue weighted by molar-refractivity contribution is -0.115. The number of nitrogens with one attached hydrogen (secondary N) is 2. The molecule has 0 saturated heterocycles. The Morgan fingerprint density at radius 2 is 2.00 bits per heavy atom. The Labute approximate surface area is 164 Å². The Bertz CT molecular complexity index is 1140. The highest BCUT2D eigenvalue weighted by atomic mass is 32.2. The fourth-order valence-corrected chi connectivity index (χ4v) is 3.46. The van der Waals surface area contributed by atoms with Gasteiger partial charge < -0.3 is 5.32 Å². The molecule has 0 aliphatic carbocycles. The van der Waals surface area contributed by atoms with Crippen LogP contribution in [0.3, 0.4) is 0 Å². The zero-order valence-corrected chi connectivity index (χ0v) is 15.7. The molecule has 2 heterocycles. The van der Waals surface area contributed by atoms with E-state index in [9.17, 15) is 9.18 Å². The van der Waals surface area contributed by atoms with Gasteiger partial charge in [-0.2, -0.15) is 0 Å². The van der Waals surface area contributed by atoms with Gasteiger partial charge in [-0.25, -0.2) is 9.37 Å². The first-order valence-electron chi connectivity index (χ1n) is 8.60. The molecule has 0 bridgehead atoms. The fourth-order valence-electron chi connectivity index (χ4n) is 2.73. The monoisotopic (exact) mass is 393 g/mol. The van der Waals surface area contributed by atoms with Crippen molar-refractivity contribution < 1.29 is 9.18 Å². The van der Waals surface area contributed by atoms with Crippen LogP contribution in [0.2, 0.25) is 0 Å². The number of rotatable bonds is 5. The molecule has 4 aromatic rings. The molecule has 0 unspecified atom stereocenters. The highest BCUT2D eigenvalue weighted by Crippen LogP contribution is 2.26. The number of hydrogen-bond donors (Lipinski definition) is 2. The number of halogens is 1. The second kappa shape index (κ2) is 7.77. The summed E-state index contributed by atoms with van der Waals surface area (Å²) in [6, 6.07) is 15.6. The molecule has 0 fully saturated rings. The van der Waals surface area contributed by atoms with Gasteiger partial charge in [0.1, 0.15) is 5.82 Å². The van der Waals surface area contributed by atoms with E-state index in [1.54, 1.807) is 31.3 Å². The normalized spacial score (nSPS) is 12.1. The minimum atomic E-state index is -0.448. The number of anilines is 1. The molecule has 0 radical (unpaired) electrons. The van der Waals surface area contributed by atoms with E-state index in [0.29, 0.717) is 22.2 Å². The maximum atomic E-state index is 13.9. The van der Waals surface area contributed by atoms with Crippen LogP contribution in [0, 0.1) is 5.82 Å². The minimum Gasteiger partial charge on any atom is -0.324 e. The summed E-state index contributed by atoms with van der Waals surface area (Å²) in [7, 11) is 0. The van der Waals surface area contributed by atoms with Crippen molar-refractivity contribution in [1.82, 2.24) is 20.2 Å². The molecular formula is C20H16FN5OS. The lowest BCUT2D eigenvalue weighted by Crippen LogP contribution is -2.22. The molecule has 1 amide bonds. The molecule has 0 aliphatic heterocycles. The largest absolute Gasteiger partial charge is 0.324 e. The van der Waals surface area contributed by atoms with E-state index in [-0.39, 0.29) is 11.7 Å². The standard InChI is InChI=1S/C20H16FN5OS/c1-12(19(27)23-17-10-4-9-16-14(17)7-5-11-22-16)28-20-24-18(25-26-20)13-6-2-3-8-15(13)21/h2-12H,1H3,(H,23,27)(H,24,25,26)/t12-/m0/s1. The Hall–Kier alpha value is -3.26. The molecule has 6 nitrogen and oxygen atoms in total. The summed E-state index contributed by atoms with van der Waals surface area (Å²) >= 11 is 1.19. The van der Waals surface area contributed by atoms with Crippen molar-refractivity contribution in [2.75, 3.05) is 5.32 Å². The lowest BCUT2D eigenvalue weighted by Gasteiger charge is -2.12. The van der Waals surface area contributed by atoms with Gasteiger partial charge in [0.05, 0.1) is 22.0 Å². The highest BCUT2D eigenvalue weighted by molar-refractivity contribution is 8.00. The Morgan fingerprint density at radius 3 is 2.86 bits per heavy atom. The molecule has 28 heavy (non-hydrogen) atoms. The summed E-state index contributed by atoms with van der Waals surface area (Å²) in [5.74, 6) is -0.238. The number of carbonyl (C=O) groups is 1. The van der Waals surface area contributed by atoms with Crippen LogP contribution in [-0.2, 0) is 4.79 Å². The number of H-pyrrole nitrogens is 1. The summed E-state index contributed by atoms with van der Waals surface area (Å²) < 4.78 is 13.9. The summed E-state index contributed by atoms with van der Waals surface area (Å²) in [5, 5.41) is 10.5. The first-order valence-corrected chi connectivity index (χ1v) is 9.48. The second-order valence-corrected chi connectivity index (χ2v) is 7.38. The van der Waals surface area contributed by atoms with Crippen LogP contribution in [0.25, 0.3) is 22.3 Å². The van der Waals surface area contributed by atoms with Crippen LogP contribution in [0.1, 0.15) is 6.92 Å². The number of carbonyl (C=O) groups excluding carboxylic acids is 1. The van der Waals surface area contributed by atoms with Crippen LogP contribution in [-0.4, -0.2) is 31.3 Å². The van der Waals surface area contributed by atoms with Crippen molar-refractivity contribution >= 4 is 34.3 Å². The van der Waals surface area contributed by atoms with Crippen LogP contribution in [0.15, 0.2) is 66.0 Å². The zero-order valence-electron chi connectivity index (χ0n) is 14.9. The van der Waals surface area contributed by atoms with E-state index >= 15 is 0 Å². The van der Waals surface area contributed by atoms with Gasteiger partial charge in [0.2, 0.25) is 11.1 Å². The average Bonchev–Trinajstić information content (AvgIpc) is 3.16. The van der Waals surface area contributed by atoms with Crippen molar-refractivity contribution in [2.24, 2.45) is 0 Å². The van der Waals surface area contributed by atoms with Crippen LogP contribution >= 0.6 is 11.8 Å². The number of aromatic nitrogens is 4. The smallest absolute Gasteiger partial charge is 0.237 e. The van der Waals surface area contributed by atoms with Gasteiger partial charge in [-0.15, -0.1) is 5.10 Å². The molecular weight excluding hydrogens is 377 g/mol. The lowest BCUT2D eigenvalue weighted by atomic mass is 10.2. The number of pyridine rings is 1. The third-order valence-electron chi connectivity index (χ3n) is 4.15. The number of benzene rings is 2. The Balaban J connectivity index is 1.47. The first-order chi connectivity index (χ1) is 13.6. The van der Waals surface area contributed by atoms with Crippen molar-refractivity contribution in [3.8, 4) is 11.4 Å². The molecule has 8 heteroatoms. The van der Waals surface area contributed by atoms with Crippen molar-refractivity contribution in [2.45, 2.75) is 17.3 Å². The van der Waals surface area contributed by atoms with Gasteiger partial charge in [0.15, 0.2) is 5.82 Å². The van der Waals surface area contributed by atoms with Crippen LogP contribution in [0.4, 0.5) is 10.1 Å². The summed E-state index contributed by atoms with van der Waals surface area (Å²) in [5.41, 5.74) is 1.84. The number of hydrogen-bond acceptors (Lipinski definition) is 5. The van der Waals surface area contributed by atoms with Gasteiger partial charge in [0, 0.05) is 11.6 Å². The number of fused-ring (bicyclic) bond motifs is 1. The van der Waals surface area contributed by atoms with Gasteiger partial charge in [-0.05, 0) is 43.3 Å². The van der Waals surface area contributed by atoms with E-state index in [0.717, 1.165) is 10.9 Å². The predicted octanol–water partition coefficient (Wildman–Crippen LogP) is 4.28. The molecule has 140 valence electrons. The Kier molecular flexibility index (Phi) is 5.03. The van der Waals surface area contributed by atoms with E-state index in [1.165, 1.54) is 17.8 Å². The van der Waals surface area contributed by atoms with E-state index < -0.39 is 5.25 Å². The molecule has 0 spiro atoms. The Morgan fingerprint density at radius 1 is 1.14 bits per heavy atom. The topological polar surface area (TPSA) is 83.6 Å². The molecule has 0 saturated carbocycles. The molecule has 2 aromatic carbocycles. The zero-order chi connectivity index (χ0) is 19.5. The SMILES string of the molecule is C[C@H](Sc1n[nH]c(-c2ccccc2F)n1)C(=O)Nc1cccc2ncccc12. The summed E-state index contributed by atoms with van der Waals surface area (Å²) in [6.45, 7) is 1.77. The predicted molar refractivity (Wildman–Crippen MR) is 107 cm³/mol. The van der Waals surface area contributed by atoms with Crippen molar-refractivity contribution in [3.63, 3.8) is 0 Å². The minimum absolute atomic E-state index is 0.182. The van der Waals surface area contributed by atoms with Gasteiger partial charge in [-0.3, -0.25) is 14.9 Å². The average molecular weight is 393 g/mol. The molecule has 1 atom stereocenters. The number of thioether (sulfide) groups is 1. The van der Waals surface area contributed by atoms with Crippen LogP contribution < -0.4 is 5.32 Å². The number of aromatic amines is 1. The van der Waals surface area contributed by atoms with Gasteiger partial charge in [-0.1, -0.05) is 30.0 Å².